The monoisotopic (exact) mass is 324 g/mol. The van der Waals surface area contributed by atoms with Crippen molar-refractivity contribution < 1.29 is 9.53 Å². The number of benzene rings is 1. The van der Waals surface area contributed by atoms with Crippen molar-refractivity contribution >= 4 is 18.3 Å². The zero-order valence-corrected chi connectivity index (χ0v) is 14.0. The average molecular weight is 325 g/mol. The summed E-state index contributed by atoms with van der Waals surface area (Å²) in [5.41, 5.74) is 6.73. The first-order valence-corrected chi connectivity index (χ1v) is 7.78. The molecule has 22 heavy (non-hydrogen) atoms. The van der Waals surface area contributed by atoms with Gasteiger partial charge in [-0.05, 0) is 39.2 Å². The van der Waals surface area contributed by atoms with Crippen LogP contribution in [0.15, 0.2) is 24.3 Å². The van der Waals surface area contributed by atoms with Gasteiger partial charge < -0.3 is 15.8 Å². The molecule has 5 heteroatoms. The van der Waals surface area contributed by atoms with Crippen LogP contribution >= 0.6 is 12.4 Å². The van der Waals surface area contributed by atoms with Crippen LogP contribution in [0, 0.1) is 5.92 Å². The largest absolute Gasteiger partial charge is 0.487 e. The van der Waals surface area contributed by atoms with Gasteiger partial charge in [-0.3, -0.25) is 4.79 Å². The van der Waals surface area contributed by atoms with E-state index >= 15 is 0 Å². The van der Waals surface area contributed by atoms with E-state index in [9.17, 15) is 4.79 Å². The number of carbonyl (C=O) groups excluding carboxylic acids is 1. The van der Waals surface area contributed by atoms with E-state index in [0.29, 0.717) is 0 Å². The fraction of sp³-hybridized carbons (Fsp3) is 0.588. The maximum absolute atomic E-state index is 12.5. The van der Waals surface area contributed by atoms with Crippen molar-refractivity contribution in [2.75, 3.05) is 0 Å². The maximum Gasteiger partial charge on any atom is 0.223 e. The van der Waals surface area contributed by atoms with Crippen LogP contribution in [-0.4, -0.2) is 17.6 Å². The standard InChI is InChI=1S/C17H24N2O2.ClH/c1-17(2)10-14(13-5-3-4-6-15(13)21-17)19-16(20)11-7-8-12(18)9-11;/h3-6,11-12,14H,7-10,18H2,1-2H3,(H,19,20);1H. The highest BCUT2D eigenvalue weighted by molar-refractivity contribution is 5.85. The number of para-hydroxylation sites is 1. The molecule has 1 aromatic rings. The van der Waals surface area contributed by atoms with E-state index in [1.165, 1.54) is 0 Å². The van der Waals surface area contributed by atoms with Gasteiger partial charge in [-0.1, -0.05) is 18.2 Å². The molecule has 1 fully saturated rings. The third kappa shape index (κ3) is 3.55. The molecule has 0 bridgehead atoms. The van der Waals surface area contributed by atoms with Crippen LogP contribution in [0.3, 0.4) is 0 Å². The van der Waals surface area contributed by atoms with E-state index in [1.54, 1.807) is 0 Å². The second-order valence-electron chi connectivity index (χ2n) is 6.93. The summed E-state index contributed by atoms with van der Waals surface area (Å²) >= 11 is 0. The lowest BCUT2D eigenvalue weighted by atomic mass is 9.89. The third-order valence-electron chi connectivity index (χ3n) is 4.54. The van der Waals surface area contributed by atoms with Gasteiger partial charge >= 0.3 is 0 Å². The second kappa shape index (κ2) is 6.47. The minimum atomic E-state index is -0.265. The first kappa shape index (κ1) is 17.1. The molecule has 1 aliphatic carbocycles. The normalized spacial score (nSPS) is 29.0. The van der Waals surface area contributed by atoms with Gasteiger partial charge in [0.15, 0.2) is 0 Å². The Balaban J connectivity index is 0.00000176. The lowest BCUT2D eigenvalue weighted by Crippen LogP contribution is -2.42. The Morgan fingerprint density at radius 1 is 1.32 bits per heavy atom. The van der Waals surface area contributed by atoms with Gasteiger partial charge in [0.2, 0.25) is 5.91 Å². The Morgan fingerprint density at radius 2 is 2.05 bits per heavy atom. The fourth-order valence-corrected chi connectivity index (χ4v) is 3.48. The van der Waals surface area contributed by atoms with Crippen LogP contribution in [0.2, 0.25) is 0 Å². The van der Waals surface area contributed by atoms with E-state index in [4.69, 9.17) is 10.5 Å². The molecule has 3 N–H and O–H groups in total. The molecule has 0 aromatic heterocycles. The molecule has 1 aliphatic heterocycles. The molecule has 0 spiro atoms. The molecular weight excluding hydrogens is 300 g/mol. The fourth-order valence-electron chi connectivity index (χ4n) is 3.48. The van der Waals surface area contributed by atoms with Crippen LogP contribution in [0.1, 0.15) is 51.1 Å². The van der Waals surface area contributed by atoms with Crippen LogP contribution in [0.5, 0.6) is 5.75 Å². The number of nitrogens with two attached hydrogens (primary N) is 1. The summed E-state index contributed by atoms with van der Waals surface area (Å²) in [6.07, 6.45) is 3.45. The van der Waals surface area contributed by atoms with Crippen LogP contribution in [0.25, 0.3) is 0 Å². The second-order valence-corrected chi connectivity index (χ2v) is 6.93. The number of amides is 1. The smallest absolute Gasteiger partial charge is 0.223 e. The highest BCUT2D eigenvalue weighted by Crippen LogP contribution is 2.39. The van der Waals surface area contributed by atoms with Gasteiger partial charge in [0.05, 0.1) is 6.04 Å². The van der Waals surface area contributed by atoms with E-state index in [2.05, 4.69) is 19.2 Å². The summed E-state index contributed by atoms with van der Waals surface area (Å²) in [4.78, 5) is 12.5. The number of carbonyl (C=O) groups is 1. The third-order valence-corrected chi connectivity index (χ3v) is 4.54. The van der Waals surface area contributed by atoms with Crippen molar-refractivity contribution in [1.29, 1.82) is 0 Å². The van der Waals surface area contributed by atoms with E-state index in [-0.39, 0.29) is 41.9 Å². The molecule has 0 saturated heterocycles. The zero-order valence-electron chi connectivity index (χ0n) is 13.2. The SMILES string of the molecule is CC1(C)CC(NC(=O)C2CCC(N)C2)c2ccccc2O1.Cl. The van der Waals surface area contributed by atoms with Gasteiger partial charge in [-0.2, -0.15) is 0 Å². The molecule has 1 amide bonds. The van der Waals surface area contributed by atoms with Crippen molar-refractivity contribution in [3.63, 3.8) is 0 Å². The molecule has 1 aromatic carbocycles. The Morgan fingerprint density at radius 3 is 2.73 bits per heavy atom. The summed E-state index contributed by atoms with van der Waals surface area (Å²) in [6.45, 7) is 4.13. The number of ether oxygens (including phenoxy) is 1. The number of hydrogen-bond acceptors (Lipinski definition) is 3. The highest BCUT2D eigenvalue weighted by Gasteiger charge is 2.36. The molecule has 3 unspecified atom stereocenters. The summed E-state index contributed by atoms with van der Waals surface area (Å²) in [5.74, 6) is 1.08. The molecule has 1 saturated carbocycles. The summed E-state index contributed by atoms with van der Waals surface area (Å²) in [6, 6.07) is 8.17. The van der Waals surface area contributed by atoms with Crippen molar-refractivity contribution in [2.24, 2.45) is 11.7 Å². The van der Waals surface area contributed by atoms with Crippen molar-refractivity contribution in [1.82, 2.24) is 5.32 Å². The van der Waals surface area contributed by atoms with Crippen LogP contribution in [-0.2, 0) is 4.79 Å². The van der Waals surface area contributed by atoms with E-state index in [1.807, 2.05) is 24.3 Å². The molecule has 3 atom stereocenters. The zero-order chi connectivity index (χ0) is 15.0. The van der Waals surface area contributed by atoms with Gasteiger partial charge in [-0.25, -0.2) is 0 Å². The molecule has 1 heterocycles. The van der Waals surface area contributed by atoms with Crippen molar-refractivity contribution in [3.8, 4) is 5.75 Å². The minimum absolute atomic E-state index is 0. The Bertz CT molecular complexity index is 547. The topological polar surface area (TPSA) is 64.4 Å². The predicted molar refractivity (Wildman–Crippen MR) is 89.2 cm³/mol. The van der Waals surface area contributed by atoms with Crippen LogP contribution < -0.4 is 15.8 Å². The molecule has 3 rings (SSSR count). The van der Waals surface area contributed by atoms with Crippen molar-refractivity contribution in [3.05, 3.63) is 29.8 Å². The van der Waals surface area contributed by atoms with E-state index < -0.39 is 0 Å². The maximum atomic E-state index is 12.5. The molecular formula is C17H25ClN2O2. The highest BCUT2D eigenvalue weighted by atomic mass is 35.5. The predicted octanol–water partition coefficient (Wildman–Crippen LogP) is 2.95. The lowest BCUT2D eigenvalue weighted by Gasteiger charge is -2.38. The van der Waals surface area contributed by atoms with Gasteiger partial charge in [0, 0.05) is 23.9 Å². The number of rotatable bonds is 2. The molecule has 2 aliphatic rings. The van der Waals surface area contributed by atoms with E-state index in [0.717, 1.165) is 37.0 Å². The summed E-state index contributed by atoms with van der Waals surface area (Å²) in [5, 5.41) is 3.22. The number of nitrogens with one attached hydrogen (secondary N) is 1. The Labute approximate surface area is 138 Å². The Kier molecular flexibility index (Phi) is 5.03. The number of halogens is 1. The van der Waals surface area contributed by atoms with Crippen molar-refractivity contribution in [2.45, 2.75) is 57.2 Å². The van der Waals surface area contributed by atoms with Crippen LogP contribution in [0.4, 0.5) is 0 Å². The van der Waals surface area contributed by atoms with Gasteiger partial charge in [-0.15, -0.1) is 12.4 Å². The lowest BCUT2D eigenvalue weighted by molar-refractivity contribution is -0.126. The first-order chi connectivity index (χ1) is 9.94. The number of fused-ring (bicyclic) bond motifs is 1. The number of hydrogen-bond donors (Lipinski definition) is 2. The first-order valence-electron chi connectivity index (χ1n) is 7.78. The minimum Gasteiger partial charge on any atom is -0.487 e. The quantitative estimate of drug-likeness (QED) is 0.879. The molecule has 122 valence electrons. The molecule has 4 nitrogen and oxygen atoms in total. The molecule has 0 radical (unpaired) electrons. The van der Waals surface area contributed by atoms with Gasteiger partial charge in [0.25, 0.3) is 0 Å². The summed E-state index contributed by atoms with van der Waals surface area (Å²) in [7, 11) is 0. The summed E-state index contributed by atoms with van der Waals surface area (Å²) < 4.78 is 6.00. The van der Waals surface area contributed by atoms with Gasteiger partial charge in [0.1, 0.15) is 11.4 Å². The Hall–Kier alpha value is -1.26. The average Bonchev–Trinajstić information content (AvgIpc) is 2.84.